The van der Waals surface area contributed by atoms with E-state index in [9.17, 15) is 13.5 Å². The Bertz CT molecular complexity index is 594. The highest BCUT2D eigenvalue weighted by molar-refractivity contribution is 7.86. The van der Waals surface area contributed by atoms with Crippen LogP contribution in [0.4, 0.5) is 0 Å². The maximum atomic E-state index is 12.0. The van der Waals surface area contributed by atoms with E-state index in [1.54, 1.807) is 19.1 Å². The van der Waals surface area contributed by atoms with Gasteiger partial charge in [0, 0.05) is 6.42 Å². The Morgan fingerprint density at radius 1 is 1.23 bits per heavy atom. The van der Waals surface area contributed by atoms with E-state index < -0.39 is 15.7 Å². The molecule has 0 aliphatic rings. The van der Waals surface area contributed by atoms with Crippen molar-refractivity contribution >= 4 is 10.1 Å². The predicted molar refractivity (Wildman–Crippen MR) is 88.2 cm³/mol. The third-order valence-corrected chi connectivity index (χ3v) is 4.75. The lowest BCUT2D eigenvalue weighted by atomic mass is 9.96. The maximum Gasteiger partial charge on any atom is 0.296 e. The van der Waals surface area contributed by atoms with Gasteiger partial charge in [-0.15, -0.1) is 0 Å². The average Bonchev–Trinajstić information content (AvgIpc) is 2.37. The van der Waals surface area contributed by atoms with Crippen molar-refractivity contribution in [3.63, 3.8) is 0 Å². The van der Waals surface area contributed by atoms with Gasteiger partial charge in [-0.05, 0) is 52.7 Å². The molecule has 1 aromatic carbocycles. The van der Waals surface area contributed by atoms with Crippen LogP contribution in [0.25, 0.3) is 0 Å². The maximum absolute atomic E-state index is 12.0. The van der Waals surface area contributed by atoms with Crippen molar-refractivity contribution < 1.29 is 17.7 Å². The summed E-state index contributed by atoms with van der Waals surface area (Å²) >= 11 is 0. The van der Waals surface area contributed by atoms with Gasteiger partial charge in [-0.3, -0.25) is 4.18 Å². The molecule has 0 saturated carbocycles. The summed E-state index contributed by atoms with van der Waals surface area (Å²) in [5.74, 6) is 0. The average molecular weight is 326 g/mol. The Morgan fingerprint density at radius 3 is 2.36 bits per heavy atom. The summed E-state index contributed by atoms with van der Waals surface area (Å²) in [7, 11) is -3.76. The van der Waals surface area contributed by atoms with Crippen LogP contribution >= 0.6 is 0 Å². The van der Waals surface area contributed by atoms with Gasteiger partial charge in [0.25, 0.3) is 10.1 Å². The third kappa shape index (κ3) is 6.73. The van der Waals surface area contributed by atoms with E-state index in [2.05, 4.69) is 6.08 Å². The number of benzene rings is 1. The lowest BCUT2D eigenvalue weighted by Gasteiger charge is -2.22. The summed E-state index contributed by atoms with van der Waals surface area (Å²) in [6.45, 7) is 7.57. The standard InChI is InChI=1S/C17H26O4S/c1-14(2)6-5-11-17(4,18)12-13-21-22(19,20)16-9-7-15(3)8-10-16/h6-10,18H,5,11-13H2,1-4H3. The Labute approximate surface area is 133 Å². The Morgan fingerprint density at radius 2 is 1.82 bits per heavy atom. The van der Waals surface area contributed by atoms with Crippen LogP contribution in [-0.2, 0) is 14.3 Å². The second kappa shape index (κ2) is 7.90. The highest BCUT2D eigenvalue weighted by Crippen LogP contribution is 2.20. The summed E-state index contributed by atoms with van der Waals surface area (Å²) in [4.78, 5) is 0.141. The highest BCUT2D eigenvalue weighted by Gasteiger charge is 2.22. The summed E-state index contributed by atoms with van der Waals surface area (Å²) < 4.78 is 29.1. The van der Waals surface area contributed by atoms with Crippen molar-refractivity contribution in [3.8, 4) is 0 Å². The molecular formula is C17H26O4S. The number of hydrogen-bond donors (Lipinski definition) is 1. The van der Waals surface area contributed by atoms with Crippen LogP contribution in [0, 0.1) is 6.92 Å². The molecular weight excluding hydrogens is 300 g/mol. The Kier molecular flexibility index (Phi) is 6.78. The van der Waals surface area contributed by atoms with Crippen LogP contribution < -0.4 is 0 Å². The summed E-state index contributed by atoms with van der Waals surface area (Å²) in [5.41, 5.74) is 1.25. The van der Waals surface area contributed by atoms with Crippen LogP contribution in [0.5, 0.6) is 0 Å². The second-order valence-electron chi connectivity index (χ2n) is 6.16. The molecule has 0 saturated heterocycles. The third-order valence-electron chi connectivity index (χ3n) is 3.42. The molecule has 1 rings (SSSR count). The van der Waals surface area contributed by atoms with Gasteiger partial charge >= 0.3 is 0 Å². The van der Waals surface area contributed by atoms with Gasteiger partial charge in [0.15, 0.2) is 0 Å². The molecule has 0 aromatic heterocycles. The topological polar surface area (TPSA) is 63.6 Å². The number of aliphatic hydroxyl groups is 1. The smallest absolute Gasteiger partial charge is 0.296 e. The van der Waals surface area contributed by atoms with Gasteiger partial charge in [-0.25, -0.2) is 0 Å². The van der Waals surface area contributed by atoms with Crippen LogP contribution in [0.2, 0.25) is 0 Å². The molecule has 124 valence electrons. The van der Waals surface area contributed by atoms with E-state index in [0.717, 1.165) is 12.0 Å². The molecule has 1 N–H and O–H groups in total. The van der Waals surface area contributed by atoms with Crippen LogP contribution in [0.3, 0.4) is 0 Å². The molecule has 1 atom stereocenters. The minimum Gasteiger partial charge on any atom is -0.390 e. The molecule has 22 heavy (non-hydrogen) atoms. The van der Waals surface area contributed by atoms with Crippen molar-refractivity contribution in [2.24, 2.45) is 0 Å². The van der Waals surface area contributed by atoms with E-state index in [4.69, 9.17) is 4.18 Å². The fourth-order valence-corrected chi connectivity index (χ4v) is 2.85. The van der Waals surface area contributed by atoms with Gasteiger partial charge in [0.1, 0.15) is 0 Å². The van der Waals surface area contributed by atoms with Gasteiger partial charge in [0.05, 0.1) is 17.1 Å². The molecule has 4 nitrogen and oxygen atoms in total. The fourth-order valence-electron chi connectivity index (χ4n) is 1.94. The van der Waals surface area contributed by atoms with E-state index in [1.807, 2.05) is 20.8 Å². The number of rotatable bonds is 8. The first-order valence-corrected chi connectivity index (χ1v) is 8.85. The quantitative estimate of drug-likeness (QED) is 0.586. The molecule has 0 amide bonds. The first-order valence-electron chi connectivity index (χ1n) is 7.44. The molecule has 0 aliphatic carbocycles. The molecule has 0 radical (unpaired) electrons. The lowest BCUT2D eigenvalue weighted by molar-refractivity contribution is 0.0305. The minimum absolute atomic E-state index is 0.0297. The van der Waals surface area contributed by atoms with E-state index in [0.29, 0.717) is 6.42 Å². The van der Waals surface area contributed by atoms with Gasteiger partial charge in [-0.1, -0.05) is 29.3 Å². The lowest BCUT2D eigenvalue weighted by Crippen LogP contribution is -2.26. The van der Waals surface area contributed by atoms with Gasteiger partial charge in [0.2, 0.25) is 0 Å². The zero-order chi connectivity index (χ0) is 16.8. The normalized spacial score (nSPS) is 14.4. The van der Waals surface area contributed by atoms with Crippen molar-refractivity contribution in [1.82, 2.24) is 0 Å². The minimum atomic E-state index is -3.76. The molecule has 1 aromatic rings. The van der Waals surface area contributed by atoms with Crippen molar-refractivity contribution in [2.45, 2.75) is 57.5 Å². The summed E-state index contributed by atoms with van der Waals surface area (Å²) in [6.07, 6.45) is 3.67. The monoisotopic (exact) mass is 326 g/mol. The Balaban J connectivity index is 2.51. The summed E-state index contributed by atoms with van der Waals surface area (Å²) in [5, 5.41) is 10.2. The molecule has 0 aliphatic heterocycles. The molecule has 1 unspecified atom stereocenters. The van der Waals surface area contributed by atoms with Crippen LogP contribution in [0.1, 0.15) is 45.6 Å². The van der Waals surface area contributed by atoms with Crippen molar-refractivity contribution in [2.75, 3.05) is 6.61 Å². The Hall–Kier alpha value is -1.17. The molecule has 0 fully saturated rings. The zero-order valence-corrected chi connectivity index (χ0v) is 14.6. The fraction of sp³-hybridized carbons (Fsp3) is 0.529. The second-order valence-corrected chi connectivity index (χ2v) is 7.77. The van der Waals surface area contributed by atoms with Crippen LogP contribution in [-0.4, -0.2) is 25.7 Å². The molecule has 0 spiro atoms. The first kappa shape index (κ1) is 18.9. The molecule has 0 bridgehead atoms. The molecule has 5 heteroatoms. The van der Waals surface area contributed by atoms with E-state index >= 15 is 0 Å². The number of aryl methyl sites for hydroxylation is 1. The van der Waals surface area contributed by atoms with Gasteiger partial charge in [-0.2, -0.15) is 8.42 Å². The molecule has 0 heterocycles. The largest absolute Gasteiger partial charge is 0.390 e. The van der Waals surface area contributed by atoms with E-state index in [-0.39, 0.29) is 17.9 Å². The van der Waals surface area contributed by atoms with Crippen molar-refractivity contribution in [3.05, 3.63) is 41.5 Å². The summed E-state index contributed by atoms with van der Waals surface area (Å²) in [6, 6.07) is 6.51. The van der Waals surface area contributed by atoms with E-state index in [1.165, 1.54) is 17.7 Å². The van der Waals surface area contributed by atoms with Crippen LogP contribution in [0.15, 0.2) is 40.8 Å². The van der Waals surface area contributed by atoms with Crippen molar-refractivity contribution in [1.29, 1.82) is 0 Å². The zero-order valence-electron chi connectivity index (χ0n) is 13.8. The van der Waals surface area contributed by atoms with Gasteiger partial charge < -0.3 is 5.11 Å². The number of hydrogen-bond acceptors (Lipinski definition) is 4. The SMILES string of the molecule is CC(C)=CCCC(C)(O)CCOS(=O)(=O)c1ccc(C)cc1. The highest BCUT2D eigenvalue weighted by atomic mass is 32.2. The predicted octanol–water partition coefficient (Wildman–Crippen LogP) is 3.59. The first-order chi connectivity index (χ1) is 10.1. The number of allylic oxidation sites excluding steroid dienone is 2.